The van der Waals surface area contributed by atoms with E-state index in [-0.39, 0.29) is 0 Å². The van der Waals surface area contributed by atoms with Gasteiger partial charge in [-0.1, -0.05) is 26.7 Å². The fourth-order valence-electron chi connectivity index (χ4n) is 3.10. The normalized spacial score (nSPS) is 26.2. The van der Waals surface area contributed by atoms with Crippen LogP contribution in [0.4, 0.5) is 0 Å². The van der Waals surface area contributed by atoms with Gasteiger partial charge in [0, 0.05) is 7.05 Å². The van der Waals surface area contributed by atoms with Crippen LogP contribution < -0.4 is 5.32 Å². The average Bonchev–Trinajstić information content (AvgIpc) is 2.68. The van der Waals surface area contributed by atoms with E-state index < -0.39 is 0 Å². The summed E-state index contributed by atoms with van der Waals surface area (Å²) in [5, 5.41) is 8.02. The first kappa shape index (κ1) is 14.1. The third kappa shape index (κ3) is 2.97. The predicted molar refractivity (Wildman–Crippen MR) is 78.4 cm³/mol. The molecule has 102 valence electrons. The van der Waals surface area contributed by atoms with Crippen molar-refractivity contribution in [2.75, 3.05) is 6.54 Å². The minimum Gasteiger partial charge on any atom is -0.309 e. The largest absolute Gasteiger partial charge is 0.309 e. The number of rotatable bonds is 4. The summed E-state index contributed by atoms with van der Waals surface area (Å²) in [7, 11) is 2.04. The van der Waals surface area contributed by atoms with Crippen LogP contribution in [0.25, 0.3) is 0 Å². The Kier molecular flexibility index (Phi) is 4.84. The van der Waals surface area contributed by atoms with Crippen molar-refractivity contribution in [1.82, 2.24) is 15.1 Å². The van der Waals surface area contributed by atoms with Crippen LogP contribution in [-0.2, 0) is 7.05 Å². The summed E-state index contributed by atoms with van der Waals surface area (Å²) in [6, 6.07) is 0.435. The number of aryl methyl sites for hydroxylation is 1. The highest BCUT2D eigenvalue weighted by atomic mass is 79.9. The second kappa shape index (κ2) is 6.20. The molecule has 1 aliphatic rings. The number of hydrogen-bond acceptors (Lipinski definition) is 2. The van der Waals surface area contributed by atoms with E-state index in [0.29, 0.717) is 6.04 Å². The van der Waals surface area contributed by atoms with Gasteiger partial charge in [-0.25, -0.2) is 0 Å². The van der Waals surface area contributed by atoms with Crippen molar-refractivity contribution in [1.29, 1.82) is 0 Å². The number of hydrogen-bond donors (Lipinski definition) is 1. The van der Waals surface area contributed by atoms with Crippen molar-refractivity contribution in [2.24, 2.45) is 18.9 Å². The molecule has 1 N–H and O–H groups in total. The molecule has 1 aromatic rings. The summed E-state index contributed by atoms with van der Waals surface area (Å²) in [6.45, 7) is 5.57. The van der Waals surface area contributed by atoms with Crippen LogP contribution >= 0.6 is 15.9 Å². The maximum atomic E-state index is 4.36. The van der Waals surface area contributed by atoms with E-state index in [1.165, 1.54) is 31.4 Å². The molecule has 1 fully saturated rings. The summed E-state index contributed by atoms with van der Waals surface area (Å²) < 4.78 is 3.14. The van der Waals surface area contributed by atoms with Crippen LogP contribution in [0, 0.1) is 11.8 Å². The Morgan fingerprint density at radius 1 is 1.44 bits per heavy atom. The number of aromatic nitrogens is 2. The third-order valence-electron chi connectivity index (χ3n) is 4.19. The van der Waals surface area contributed by atoms with Crippen molar-refractivity contribution in [2.45, 2.75) is 45.6 Å². The lowest BCUT2D eigenvalue weighted by atomic mass is 9.78. The molecular weight excluding hydrogens is 290 g/mol. The standard InChI is InChI=1S/C14H24BrN3/c1-4-16-13(11-7-5-10(2)6-8-11)14-12(15)9-17-18(14)3/h9-11,13,16H,4-8H2,1-3H3. The Hall–Kier alpha value is -0.350. The van der Waals surface area contributed by atoms with E-state index in [1.54, 1.807) is 0 Å². The molecule has 1 atom stereocenters. The van der Waals surface area contributed by atoms with Gasteiger partial charge in [0.25, 0.3) is 0 Å². The molecule has 2 rings (SSSR count). The molecule has 18 heavy (non-hydrogen) atoms. The van der Waals surface area contributed by atoms with Gasteiger partial charge in [0.2, 0.25) is 0 Å². The summed E-state index contributed by atoms with van der Waals surface area (Å²) in [4.78, 5) is 0. The highest BCUT2D eigenvalue weighted by Gasteiger charge is 2.29. The first-order valence-corrected chi connectivity index (χ1v) is 7.83. The van der Waals surface area contributed by atoms with E-state index in [2.05, 4.69) is 40.2 Å². The average molecular weight is 314 g/mol. The molecule has 0 aromatic carbocycles. The highest BCUT2D eigenvalue weighted by Crippen LogP contribution is 2.38. The first-order valence-electron chi connectivity index (χ1n) is 7.04. The van der Waals surface area contributed by atoms with Gasteiger partial charge in [-0.3, -0.25) is 4.68 Å². The molecule has 0 bridgehead atoms. The highest BCUT2D eigenvalue weighted by molar-refractivity contribution is 9.10. The monoisotopic (exact) mass is 313 g/mol. The third-order valence-corrected chi connectivity index (χ3v) is 4.80. The maximum Gasteiger partial charge on any atom is 0.0695 e. The predicted octanol–water partition coefficient (Wildman–Crippen LogP) is 3.66. The van der Waals surface area contributed by atoms with Crippen LogP contribution in [-0.4, -0.2) is 16.3 Å². The molecular formula is C14H24BrN3. The Morgan fingerprint density at radius 3 is 2.61 bits per heavy atom. The SMILES string of the molecule is CCNC(c1c(Br)cnn1C)C1CCC(C)CC1. The van der Waals surface area contributed by atoms with Gasteiger partial charge >= 0.3 is 0 Å². The summed E-state index contributed by atoms with van der Waals surface area (Å²) in [6.07, 6.45) is 7.29. The Morgan fingerprint density at radius 2 is 2.11 bits per heavy atom. The molecule has 1 aliphatic carbocycles. The van der Waals surface area contributed by atoms with Gasteiger partial charge in [-0.2, -0.15) is 5.10 Å². The molecule has 0 saturated heterocycles. The molecule has 1 unspecified atom stereocenters. The first-order chi connectivity index (χ1) is 8.63. The minimum absolute atomic E-state index is 0.435. The van der Waals surface area contributed by atoms with Gasteiger partial charge < -0.3 is 5.32 Å². The second-order valence-electron chi connectivity index (χ2n) is 5.56. The van der Waals surface area contributed by atoms with Crippen molar-refractivity contribution >= 4 is 15.9 Å². The molecule has 3 nitrogen and oxygen atoms in total. The van der Waals surface area contributed by atoms with Gasteiger partial charge in [0.15, 0.2) is 0 Å². The molecule has 4 heteroatoms. The Labute approximate surface area is 118 Å². The van der Waals surface area contributed by atoms with E-state index in [1.807, 2.05) is 17.9 Å². The lowest BCUT2D eigenvalue weighted by Crippen LogP contribution is -2.32. The van der Waals surface area contributed by atoms with Crippen LogP contribution in [0.3, 0.4) is 0 Å². The van der Waals surface area contributed by atoms with Crippen molar-refractivity contribution < 1.29 is 0 Å². The quantitative estimate of drug-likeness (QED) is 0.919. The fourth-order valence-corrected chi connectivity index (χ4v) is 3.69. The van der Waals surface area contributed by atoms with Crippen molar-refractivity contribution in [3.8, 4) is 0 Å². The van der Waals surface area contributed by atoms with Crippen molar-refractivity contribution in [3.05, 3.63) is 16.4 Å². The van der Waals surface area contributed by atoms with Gasteiger partial charge in [-0.15, -0.1) is 0 Å². The van der Waals surface area contributed by atoms with Gasteiger partial charge in [-0.05, 0) is 47.2 Å². The zero-order valence-electron chi connectivity index (χ0n) is 11.6. The lowest BCUT2D eigenvalue weighted by molar-refractivity contribution is 0.227. The van der Waals surface area contributed by atoms with E-state index in [9.17, 15) is 0 Å². The molecule has 0 aliphatic heterocycles. The molecule has 0 amide bonds. The second-order valence-corrected chi connectivity index (χ2v) is 6.41. The summed E-state index contributed by atoms with van der Waals surface area (Å²) in [5.41, 5.74) is 1.30. The van der Waals surface area contributed by atoms with Gasteiger partial charge in [0.05, 0.1) is 22.4 Å². The number of nitrogens with zero attached hydrogens (tertiary/aromatic N) is 2. The minimum atomic E-state index is 0.435. The number of halogens is 1. The summed E-state index contributed by atoms with van der Waals surface area (Å²) in [5.74, 6) is 1.64. The summed E-state index contributed by atoms with van der Waals surface area (Å²) >= 11 is 3.64. The smallest absolute Gasteiger partial charge is 0.0695 e. The van der Waals surface area contributed by atoms with E-state index in [0.717, 1.165) is 22.9 Å². The zero-order valence-corrected chi connectivity index (χ0v) is 13.2. The Bertz CT molecular complexity index is 361. The topological polar surface area (TPSA) is 29.9 Å². The molecule has 1 saturated carbocycles. The van der Waals surface area contributed by atoms with Gasteiger partial charge in [0.1, 0.15) is 0 Å². The molecule has 1 heterocycles. The Balaban J connectivity index is 2.18. The molecule has 1 aromatic heterocycles. The van der Waals surface area contributed by atoms with Crippen LogP contribution in [0.2, 0.25) is 0 Å². The van der Waals surface area contributed by atoms with Crippen LogP contribution in [0.1, 0.15) is 51.3 Å². The van der Waals surface area contributed by atoms with E-state index >= 15 is 0 Å². The zero-order chi connectivity index (χ0) is 13.1. The van der Waals surface area contributed by atoms with Crippen LogP contribution in [0.15, 0.2) is 10.7 Å². The number of nitrogens with one attached hydrogen (secondary N) is 1. The molecule has 0 radical (unpaired) electrons. The molecule has 0 spiro atoms. The van der Waals surface area contributed by atoms with Crippen molar-refractivity contribution in [3.63, 3.8) is 0 Å². The fraction of sp³-hybridized carbons (Fsp3) is 0.786. The van der Waals surface area contributed by atoms with Crippen LogP contribution in [0.5, 0.6) is 0 Å². The lowest BCUT2D eigenvalue weighted by Gasteiger charge is -2.33. The van der Waals surface area contributed by atoms with E-state index in [4.69, 9.17) is 0 Å². The maximum absolute atomic E-state index is 4.36.